The van der Waals surface area contributed by atoms with Crippen molar-refractivity contribution in [1.29, 1.82) is 0 Å². The summed E-state index contributed by atoms with van der Waals surface area (Å²) in [5.74, 6) is -2.65. The van der Waals surface area contributed by atoms with Crippen molar-refractivity contribution in [3.05, 3.63) is 225 Å². The first-order chi connectivity index (χ1) is 59.0. The van der Waals surface area contributed by atoms with Gasteiger partial charge >= 0.3 is 12.5 Å². The average molecular weight is 1730 g/mol. The summed E-state index contributed by atoms with van der Waals surface area (Å²) in [5, 5.41) is 21.1. The number of amides is 12. The maximum Gasteiger partial charge on any atom is 0.573 e. The third-order valence-electron chi connectivity index (χ3n) is 19.3. The van der Waals surface area contributed by atoms with Crippen molar-refractivity contribution < 1.29 is 103 Å². The predicted octanol–water partition coefficient (Wildman–Crippen LogP) is 10.0. The van der Waals surface area contributed by atoms with Gasteiger partial charge in [-0.05, 0) is 221 Å². The fourth-order valence-electron chi connectivity index (χ4n) is 12.6. The Morgan fingerprint density at radius 2 is 0.537 bits per heavy atom. The third kappa shape index (κ3) is 35.8. The van der Waals surface area contributed by atoms with Crippen LogP contribution in [-0.4, -0.2) is 195 Å². The number of likely N-dealkylation sites (tertiary alicyclic amines) is 4. The summed E-state index contributed by atoms with van der Waals surface area (Å²) in [5.41, 5.74) is 5.14. The number of carbonyl (C=O) groups is 12. The minimum atomic E-state index is -4.79. The highest BCUT2D eigenvalue weighted by Gasteiger charge is 2.32. The Kier molecular flexibility index (Phi) is 38.8. The second kappa shape index (κ2) is 49.9. The molecule has 7 aromatic rings. The van der Waals surface area contributed by atoms with Gasteiger partial charge in [-0.1, -0.05) is 60.1 Å². The Bertz CT molecular complexity index is 4610. The first-order valence-electron chi connectivity index (χ1n) is 40.3. The van der Waals surface area contributed by atoms with E-state index in [1.165, 1.54) is 31.9 Å². The zero-order valence-electron chi connectivity index (χ0n) is 68.1. The van der Waals surface area contributed by atoms with Crippen LogP contribution in [0.3, 0.4) is 0 Å². The van der Waals surface area contributed by atoms with E-state index >= 15 is 0 Å². The lowest BCUT2D eigenvalue weighted by atomic mass is 10.1. The summed E-state index contributed by atoms with van der Waals surface area (Å²) in [6.07, 6.45) is 3.77. The largest absolute Gasteiger partial charge is 0.573 e. The summed E-state index contributed by atoms with van der Waals surface area (Å²) in [4.78, 5) is 151. The maximum atomic E-state index is 12.5. The van der Waals surface area contributed by atoms with Crippen LogP contribution in [0.15, 0.2) is 170 Å². The van der Waals surface area contributed by atoms with Gasteiger partial charge in [-0.3, -0.25) is 57.5 Å². The van der Waals surface area contributed by atoms with E-state index in [0.717, 1.165) is 175 Å². The van der Waals surface area contributed by atoms with Crippen LogP contribution in [0.5, 0.6) is 23.0 Å². The molecule has 11 rings (SSSR count). The molecule has 658 valence electrons. The van der Waals surface area contributed by atoms with Crippen LogP contribution in [0.2, 0.25) is 5.02 Å². The Labute approximate surface area is 713 Å². The van der Waals surface area contributed by atoms with Gasteiger partial charge < -0.3 is 81.1 Å². The molecule has 0 spiro atoms. The summed E-state index contributed by atoms with van der Waals surface area (Å²) in [7, 11) is 0. The lowest BCUT2D eigenvalue weighted by molar-refractivity contribution is -0.274. The van der Waals surface area contributed by atoms with Gasteiger partial charge in [-0.25, -0.2) is 0 Å². The van der Waals surface area contributed by atoms with E-state index in [1.54, 1.807) is 97.1 Å². The molecule has 0 atom stereocenters. The normalized spacial score (nSPS) is 13.7. The van der Waals surface area contributed by atoms with Crippen molar-refractivity contribution in [2.45, 2.75) is 123 Å². The smallest absolute Gasteiger partial charge is 0.484 e. The molecule has 4 heterocycles. The van der Waals surface area contributed by atoms with Crippen LogP contribution in [-0.2, 0) is 70.7 Å². The summed E-state index contributed by atoms with van der Waals surface area (Å²) < 4.78 is 93.5. The van der Waals surface area contributed by atoms with Crippen LogP contribution in [0.25, 0.3) is 0 Å². The summed E-state index contributed by atoms with van der Waals surface area (Å²) in [6, 6.07) is 43.7. The number of rotatable bonds is 30. The topological polar surface area (TPSA) is 351 Å². The first-order valence-corrected chi connectivity index (χ1v) is 40.7. The van der Waals surface area contributed by atoms with E-state index in [4.69, 9.17) is 25.8 Å². The molecule has 4 saturated heterocycles. The van der Waals surface area contributed by atoms with Gasteiger partial charge in [0.15, 0.2) is 19.8 Å². The fraction of sp³-hybridized carbons (Fsp3) is 0.386. The number of benzene rings is 7. The molecular weight excluding hydrogens is 1630 g/mol. The van der Waals surface area contributed by atoms with Crippen molar-refractivity contribution in [2.24, 2.45) is 0 Å². The van der Waals surface area contributed by atoms with Gasteiger partial charge in [0, 0.05) is 113 Å². The third-order valence-corrected chi connectivity index (χ3v) is 19.6. The molecule has 4 aliphatic rings. The van der Waals surface area contributed by atoms with Crippen LogP contribution in [0, 0.1) is 0 Å². The summed E-state index contributed by atoms with van der Waals surface area (Å²) >= 11 is 5.79. The molecule has 0 radical (unpaired) electrons. The van der Waals surface area contributed by atoms with Gasteiger partial charge in [0.1, 0.15) is 23.0 Å². The van der Waals surface area contributed by atoms with E-state index in [9.17, 15) is 83.9 Å². The van der Waals surface area contributed by atoms with Crippen LogP contribution in [0.1, 0.15) is 153 Å². The Morgan fingerprint density at radius 1 is 0.301 bits per heavy atom. The minimum absolute atomic E-state index is 0.0100. The van der Waals surface area contributed by atoms with Gasteiger partial charge in [-0.2, -0.15) is 13.2 Å². The van der Waals surface area contributed by atoms with E-state index in [2.05, 4.69) is 47.3 Å². The average Bonchev–Trinajstić information content (AvgIpc) is 0.873. The highest BCUT2D eigenvalue weighted by molar-refractivity contribution is 6.30. The van der Waals surface area contributed by atoms with Crippen LogP contribution >= 0.6 is 11.6 Å². The number of halogens is 7. The number of nitrogens with zero attached hydrogens (tertiary/aromatic N) is 4. The molecule has 0 aliphatic carbocycles. The molecule has 28 nitrogen and oxygen atoms in total. The Balaban J connectivity index is 0.000000206. The molecule has 0 saturated carbocycles. The zero-order chi connectivity index (χ0) is 88.5. The monoisotopic (exact) mass is 1730 g/mol. The molecule has 0 unspecified atom stereocenters. The van der Waals surface area contributed by atoms with Crippen molar-refractivity contribution in [2.75, 3.05) is 98.4 Å². The number of ether oxygens (including phenoxy) is 4. The number of alkyl halides is 6. The van der Waals surface area contributed by atoms with E-state index in [-0.39, 0.29) is 98.7 Å². The molecule has 35 heteroatoms. The lowest BCUT2D eigenvalue weighted by Crippen LogP contribution is -2.38. The molecule has 123 heavy (non-hydrogen) atoms. The van der Waals surface area contributed by atoms with Crippen LogP contribution in [0.4, 0.5) is 26.3 Å². The van der Waals surface area contributed by atoms with Crippen molar-refractivity contribution in [3.63, 3.8) is 0 Å². The van der Waals surface area contributed by atoms with Gasteiger partial charge in [0.05, 0.1) is 31.7 Å². The van der Waals surface area contributed by atoms with Crippen molar-refractivity contribution in [1.82, 2.24) is 62.1 Å². The molecule has 4 aliphatic heterocycles. The predicted molar refractivity (Wildman–Crippen MR) is 442 cm³/mol. The molecular formula is C88H101ClF6N12O16. The second-order valence-electron chi connectivity index (χ2n) is 28.9. The number of nitrogens with one attached hydrogen (secondary N) is 8. The molecule has 0 bridgehead atoms. The number of hydrogen-bond donors (Lipinski definition) is 8. The maximum absolute atomic E-state index is 12.5. The van der Waals surface area contributed by atoms with Crippen molar-refractivity contribution in [3.8, 4) is 23.0 Å². The fourth-order valence-corrected chi connectivity index (χ4v) is 12.7. The Morgan fingerprint density at radius 3 is 0.780 bits per heavy atom. The molecule has 7 aromatic carbocycles. The van der Waals surface area contributed by atoms with Gasteiger partial charge in [0.25, 0.3) is 41.4 Å². The zero-order valence-corrected chi connectivity index (χ0v) is 68.8. The van der Waals surface area contributed by atoms with Crippen molar-refractivity contribution >= 4 is 82.5 Å². The van der Waals surface area contributed by atoms with Gasteiger partial charge in [-0.15, -0.1) is 13.2 Å². The number of carbonyl (C=O) groups excluding carboxylic acids is 12. The molecule has 8 N–H and O–H groups in total. The lowest BCUT2D eigenvalue weighted by Gasteiger charge is -2.26. The number of hydrogen-bond acceptors (Lipinski definition) is 16. The second-order valence-corrected chi connectivity index (χ2v) is 29.3. The number of piperidine rings is 4. The molecule has 12 amide bonds. The minimum Gasteiger partial charge on any atom is -0.484 e. The molecule has 0 aromatic heterocycles. The SMILES string of the molecule is CC(=O)NCC(=O)NCc1ccc(C(=O)N2CCCCC2)cc1.O=C(CNC(=O)COc1ccc(C(F)(F)F)cc1)NCc1ccc(C(=O)N2CCCCC2)cc1.O=C(CNC(=O)COc1ccc(Cl)cc1)NCc1ccc(C(=O)N2CCCCC2)cc1.O=C(CNC(=O)COc1ccc(OC(F)(F)F)cc1)NCc1ccc(C(=O)N2CCCCC2)cc1. The van der Waals surface area contributed by atoms with Gasteiger partial charge in [0.2, 0.25) is 29.5 Å². The van der Waals surface area contributed by atoms with E-state index in [1.807, 2.05) is 43.9 Å². The quantitative estimate of drug-likeness (QED) is 0.0194. The highest BCUT2D eigenvalue weighted by Crippen LogP contribution is 2.31. The van der Waals surface area contributed by atoms with Crippen LogP contribution < -0.4 is 61.5 Å². The standard InChI is InChI=1S/C24H26F3N3O5.C24H26F3N3O4.C23H26ClN3O4.C17H23N3O3/c25-24(26,27)35-20-10-8-19(9-11-20)34-16-22(32)29-15-21(31)28-14-17-4-6-18(7-5-17)23(33)30-12-2-1-3-13-30;25-24(26,27)19-8-10-20(11-9-19)34-16-22(32)29-15-21(31)28-14-17-4-6-18(7-5-17)23(33)30-12-2-1-3-13-30;24-19-8-10-20(11-9-19)31-16-22(29)26-15-21(28)25-14-17-4-6-18(7-5-17)23(30)27-12-2-1-3-13-27;1-13(21)18-12-16(22)19-11-14-5-7-15(8-6-14)17(23)20-9-3-2-4-10-20/h4-11H,1-3,12-16H2,(H,28,31)(H,29,32);4-11H,1-3,12-16H2,(H,28,31)(H,29,32);4-11H,1-3,12-16H2,(H,25,28)(H,26,29);5-8H,2-4,9-12H2,1H3,(H,18,21)(H,19,22). The van der Waals surface area contributed by atoms with E-state index < -0.39 is 66.6 Å². The Hall–Kier alpha value is -12.8. The van der Waals surface area contributed by atoms with E-state index in [0.29, 0.717) is 46.1 Å². The molecule has 4 fully saturated rings. The highest BCUT2D eigenvalue weighted by atomic mass is 35.5. The first kappa shape index (κ1) is 95.7. The summed E-state index contributed by atoms with van der Waals surface area (Å²) in [6.45, 7) is 7.14.